The summed E-state index contributed by atoms with van der Waals surface area (Å²) in [5.74, 6) is 1.55. The van der Waals surface area contributed by atoms with Crippen LogP contribution in [0.25, 0.3) is 5.52 Å². The molecule has 4 aromatic heterocycles. The van der Waals surface area contributed by atoms with Crippen molar-refractivity contribution >= 4 is 11.3 Å². The van der Waals surface area contributed by atoms with Crippen molar-refractivity contribution in [2.75, 3.05) is 11.4 Å². The first-order chi connectivity index (χ1) is 14.6. The minimum Gasteiger partial charge on any atom is -0.337 e. The molecule has 10 nitrogen and oxygen atoms in total. The number of rotatable bonds is 4. The maximum Gasteiger partial charge on any atom is 0.280 e. The summed E-state index contributed by atoms with van der Waals surface area (Å²) < 4.78 is 21.5. The number of hydrogen-bond acceptors (Lipinski definition) is 8. The largest absolute Gasteiger partial charge is 0.337 e. The van der Waals surface area contributed by atoms with E-state index < -0.39 is 0 Å². The van der Waals surface area contributed by atoms with Gasteiger partial charge in [0.2, 0.25) is 5.89 Å². The van der Waals surface area contributed by atoms with E-state index in [2.05, 4.69) is 25.3 Å². The van der Waals surface area contributed by atoms with E-state index in [1.54, 1.807) is 6.20 Å². The first-order valence-electron chi connectivity index (χ1n) is 9.41. The second kappa shape index (κ2) is 6.05. The van der Waals surface area contributed by atoms with Gasteiger partial charge in [-0.25, -0.2) is 9.37 Å². The molecule has 30 heavy (non-hydrogen) atoms. The zero-order valence-corrected chi connectivity index (χ0v) is 15.8. The van der Waals surface area contributed by atoms with Crippen LogP contribution in [0.4, 0.5) is 10.2 Å². The van der Waals surface area contributed by atoms with Crippen LogP contribution in [-0.4, -0.2) is 41.1 Å². The van der Waals surface area contributed by atoms with Gasteiger partial charge in [0, 0.05) is 36.5 Å². The van der Waals surface area contributed by atoms with E-state index >= 15 is 0 Å². The van der Waals surface area contributed by atoms with Crippen LogP contribution >= 0.6 is 0 Å². The van der Waals surface area contributed by atoms with Gasteiger partial charge in [-0.15, -0.1) is 9.73 Å². The maximum atomic E-state index is 13.4. The SMILES string of the molecule is Cc1cnn2ncn(Cc3nc([C@H]4C5=CN(c6cc(F)ccn6)C[C@@H]54)no3)c(=O)c12. The Bertz CT molecular complexity index is 1390. The standard InChI is InChI=1S/C19H15FN8O2/c1-10-5-22-28-17(10)19(29)27(9-23-28)8-15-24-18(25-30-15)16-12-6-26(7-13(12)16)14-4-11(20)2-3-21-14/h2-6,9,13,16H,7-8H2,1H3/t13-,16-/m0/s1. The molecule has 1 aliphatic carbocycles. The van der Waals surface area contributed by atoms with E-state index in [1.165, 1.54) is 39.4 Å². The second-order valence-corrected chi connectivity index (χ2v) is 7.47. The first-order valence-corrected chi connectivity index (χ1v) is 9.41. The molecule has 150 valence electrons. The highest BCUT2D eigenvalue weighted by Gasteiger charge is 2.52. The molecule has 0 N–H and O–H groups in total. The minimum absolute atomic E-state index is 0.0849. The quantitative estimate of drug-likeness (QED) is 0.499. The molecule has 1 fully saturated rings. The van der Waals surface area contributed by atoms with Gasteiger partial charge < -0.3 is 9.42 Å². The lowest BCUT2D eigenvalue weighted by Crippen LogP contribution is -2.24. The third-order valence-corrected chi connectivity index (χ3v) is 5.55. The van der Waals surface area contributed by atoms with E-state index in [1.807, 2.05) is 18.0 Å². The van der Waals surface area contributed by atoms with E-state index in [0.29, 0.717) is 29.6 Å². The van der Waals surface area contributed by atoms with Gasteiger partial charge in [0.15, 0.2) is 11.3 Å². The van der Waals surface area contributed by atoms with Crippen molar-refractivity contribution in [1.29, 1.82) is 0 Å². The van der Waals surface area contributed by atoms with Crippen LogP contribution < -0.4 is 10.5 Å². The molecule has 0 unspecified atom stereocenters. The lowest BCUT2D eigenvalue weighted by atomic mass is 10.2. The van der Waals surface area contributed by atoms with E-state index in [9.17, 15) is 9.18 Å². The molecule has 6 rings (SSSR count). The Labute approximate surface area is 168 Å². The van der Waals surface area contributed by atoms with Crippen LogP contribution in [0.2, 0.25) is 0 Å². The van der Waals surface area contributed by atoms with Crippen molar-refractivity contribution in [3.8, 4) is 0 Å². The lowest BCUT2D eigenvalue weighted by molar-refractivity contribution is 0.363. The fourth-order valence-corrected chi connectivity index (χ4v) is 3.99. The average Bonchev–Trinajstić information content (AvgIpc) is 3.16. The van der Waals surface area contributed by atoms with Crippen molar-refractivity contribution in [3.05, 3.63) is 76.1 Å². The third kappa shape index (κ3) is 2.55. The Balaban J connectivity index is 1.21. The van der Waals surface area contributed by atoms with Crippen molar-refractivity contribution in [2.45, 2.75) is 19.4 Å². The molecule has 11 heteroatoms. The van der Waals surface area contributed by atoms with Crippen LogP contribution in [-0.2, 0) is 6.54 Å². The number of nitrogens with zero attached hydrogens (tertiary/aromatic N) is 8. The van der Waals surface area contributed by atoms with Crippen LogP contribution in [0, 0.1) is 18.7 Å². The van der Waals surface area contributed by atoms with Gasteiger partial charge in [-0.05, 0) is 18.6 Å². The predicted octanol–water partition coefficient (Wildman–Crippen LogP) is 1.28. The van der Waals surface area contributed by atoms with E-state index in [4.69, 9.17) is 4.52 Å². The lowest BCUT2D eigenvalue weighted by Gasteiger charge is -2.16. The third-order valence-electron chi connectivity index (χ3n) is 5.55. The fraction of sp³-hybridized carbons (Fsp3) is 0.263. The number of halogens is 1. The highest BCUT2D eigenvalue weighted by Crippen LogP contribution is 2.56. The topological polar surface area (TPSA) is 107 Å². The number of aryl methyl sites for hydroxylation is 1. The summed E-state index contributed by atoms with van der Waals surface area (Å²) in [5.41, 5.74) is 2.13. The smallest absolute Gasteiger partial charge is 0.280 e. The highest BCUT2D eigenvalue weighted by molar-refractivity contribution is 5.56. The summed E-state index contributed by atoms with van der Waals surface area (Å²) in [5, 5.41) is 12.3. The monoisotopic (exact) mass is 406 g/mol. The van der Waals surface area contributed by atoms with Crippen molar-refractivity contribution in [3.63, 3.8) is 0 Å². The predicted molar refractivity (Wildman–Crippen MR) is 101 cm³/mol. The molecule has 0 spiro atoms. The number of fused-ring (bicyclic) bond motifs is 2. The molecule has 2 aliphatic rings. The molecular weight excluding hydrogens is 391 g/mol. The summed E-state index contributed by atoms with van der Waals surface area (Å²) in [4.78, 5) is 23.2. The maximum absolute atomic E-state index is 13.4. The van der Waals surface area contributed by atoms with Gasteiger partial charge in [-0.3, -0.25) is 9.36 Å². The van der Waals surface area contributed by atoms with E-state index in [-0.39, 0.29) is 29.8 Å². The van der Waals surface area contributed by atoms with Gasteiger partial charge in [0.25, 0.3) is 5.56 Å². The van der Waals surface area contributed by atoms with Crippen molar-refractivity contribution in [1.82, 2.24) is 34.5 Å². The Kier molecular flexibility index (Phi) is 3.43. The molecule has 1 saturated carbocycles. The zero-order chi connectivity index (χ0) is 20.4. The van der Waals surface area contributed by atoms with Gasteiger partial charge in [-0.2, -0.15) is 10.1 Å². The normalized spacial score (nSPS) is 19.9. The number of anilines is 1. The minimum atomic E-state index is -0.313. The number of aromatic nitrogens is 7. The Morgan fingerprint density at radius 1 is 1.33 bits per heavy atom. The molecular formula is C19H15FN8O2. The molecule has 0 aromatic carbocycles. The summed E-state index contributed by atoms with van der Waals surface area (Å²) in [7, 11) is 0. The Morgan fingerprint density at radius 2 is 2.23 bits per heavy atom. The number of hydrogen-bond donors (Lipinski definition) is 0. The van der Waals surface area contributed by atoms with Crippen LogP contribution in [0.1, 0.15) is 23.2 Å². The van der Waals surface area contributed by atoms with Gasteiger partial charge in [0.05, 0.1) is 12.1 Å². The molecule has 5 heterocycles. The van der Waals surface area contributed by atoms with Crippen LogP contribution in [0.5, 0.6) is 0 Å². The summed E-state index contributed by atoms with van der Waals surface area (Å²) in [6, 6.07) is 2.73. The molecule has 1 aliphatic heterocycles. The number of pyridine rings is 1. The van der Waals surface area contributed by atoms with Gasteiger partial charge in [0.1, 0.15) is 24.5 Å². The fourth-order valence-electron chi connectivity index (χ4n) is 3.99. The molecule has 0 amide bonds. The van der Waals surface area contributed by atoms with E-state index in [0.717, 1.165) is 5.56 Å². The average molecular weight is 406 g/mol. The Morgan fingerprint density at radius 3 is 3.03 bits per heavy atom. The van der Waals surface area contributed by atoms with Crippen molar-refractivity contribution in [2.24, 2.45) is 5.92 Å². The van der Waals surface area contributed by atoms with Crippen LogP contribution in [0.3, 0.4) is 0 Å². The highest BCUT2D eigenvalue weighted by atomic mass is 19.1. The molecule has 0 bridgehead atoms. The molecule has 0 saturated heterocycles. The summed E-state index contributed by atoms with van der Waals surface area (Å²) >= 11 is 0. The van der Waals surface area contributed by atoms with Crippen molar-refractivity contribution < 1.29 is 8.91 Å². The molecule has 2 atom stereocenters. The summed E-state index contributed by atoms with van der Waals surface area (Å²) in [6.07, 6.45) is 6.43. The molecule has 4 aromatic rings. The molecule has 0 radical (unpaired) electrons. The zero-order valence-electron chi connectivity index (χ0n) is 15.8. The first kappa shape index (κ1) is 17.0. The Hall–Kier alpha value is -3.89. The second-order valence-electron chi connectivity index (χ2n) is 7.47. The van der Waals surface area contributed by atoms with Gasteiger partial charge in [-0.1, -0.05) is 5.16 Å². The van der Waals surface area contributed by atoms with Gasteiger partial charge >= 0.3 is 0 Å². The summed E-state index contributed by atoms with van der Waals surface area (Å²) in [6.45, 7) is 2.64. The van der Waals surface area contributed by atoms with Crippen LogP contribution in [0.15, 0.2) is 51.9 Å².